The average Bonchev–Trinajstić information content (AvgIpc) is 3.78. The molecule has 0 atom stereocenters. The fourth-order valence-electron chi connectivity index (χ4n) is 5.86. The summed E-state index contributed by atoms with van der Waals surface area (Å²) in [4.78, 5) is 0. The van der Waals surface area contributed by atoms with Crippen LogP contribution in [0.25, 0.3) is 21.5 Å². The van der Waals surface area contributed by atoms with E-state index in [-0.39, 0.29) is 47.2 Å². The molecule has 15 heteroatoms. The molecule has 58 heavy (non-hydrogen) atoms. The maximum absolute atomic E-state index is 13.1. The summed E-state index contributed by atoms with van der Waals surface area (Å²) in [6.45, 7) is 13.6. The number of halogens is 14. The van der Waals surface area contributed by atoms with Crippen molar-refractivity contribution in [3.63, 3.8) is 0 Å². The van der Waals surface area contributed by atoms with Gasteiger partial charge in [-0.15, -0.1) is 39.7 Å². The second-order valence-corrected chi connectivity index (χ2v) is 23.6. The van der Waals surface area contributed by atoms with E-state index in [9.17, 15) is 52.7 Å². The Hall–Kier alpha value is -3.41. The molecule has 0 saturated heterocycles. The summed E-state index contributed by atoms with van der Waals surface area (Å²) in [5.74, 6) is 0. The summed E-state index contributed by atoms with van der Waals surface area (Å²) in [5, 5.41) is 5.48. The molecule has 0 aliphatic carbocycles. The van der Waals surface area contributed by atoms with Crippen LogP contribution in [0.1, 0.15) is 86.1 Å². The van der Waals surface area contributed by atoms with Gasteiger partial charge in [0.25, 0.3) is 0 Å². The number of benzene rings is 4. The van der Waals surface area contributed by atoms with E-state index in [1.165, 1.54) is 32.7 Å². The van der Waals surface area contributed by atoms with Gasteiger partial charge < -0.3 is 0 Å². The van der Waals surface area contributed by atoms with Crippen LogP contribution in [-0.2, 0) is 54.4 Å². The third-order valence-electron chi connectivity index (χ3n) is 8.93. The number of hydrogen-bond acceptors (Lipinski definition) is 0. The van der Waals surface area contributed by atoms with Gasteiger partial charge >= 0.3 is 186 Å². The average molecular weight is 943 g/mol. The molecule has 6 aromatic rings. The van der Waals surface area contributed by atoms with Crippen molar-refractivity contribution in [3.8, 4) is 0 Å². The van der Waals surface area contributed by atoms with Crippen LogP contribution in [0.5, 0.6) is 0 Å². The Kier molecular flexibility index (Phi) is 14.1. The van der Waals surface area contributed by atoms with Crippen molar-refractivity contribution in [2.75, 3.05) is 0 Å². The van der Waals surface area contributed by atoms with Gasteiger partial charge in [-0.2, -0.15) is 18.2 Å². The predicted molar refractivity (Wildman–Crippen MR) is 204 cm³/mol. The minimum atomic E-state index is -5.31. The molecule has 0 saturated carbocycles. The Bertz CT molecular complexity index is 2150. The van der Waals surface area contributed by atoms with Crippen molar-refractivity contribution in [2.45, 2.75) is 77.1 Å². The second kappa shape index (κ2) is 17.3. The topological polar surface area (TPSA) is 0 Å². The smallest absolute Gasteiger partial charge is 0.172 e. The first-order chi connectivity index (χ1) is 26.4. The van der Waals surface area contributed by atoms with Gasteiger partial charge in [0.2, 0.25) is 0 Å². The number of fused-ring (bicyclic) bond motifs is 3. The fraction of sp³-hybridized carbons (Fsp3) is 0.279. The Labute approximate surface area is 342 Å². The number of alkyl halides is 12. The first-order valence-corrected chi connectivity index (χ1v) is 24.9. The minimum Gasteiger partial charge on any atom is -0.214 e. The molecule has 6 aromatic carbocycles. The van der Waals surface area contributed by atoms with Gasteiger partial charge in [-0.3, -0.25) is 0 Å². The van der Waals surface area contributed by atoms with E-state index in [1.807, 2.05) is 30.3 Å². The van der Waals surface area contributed by atoms with E-state index >= 15 is 0 Å². The molecule has 0 bridgehead atoms. The van der Waals surface area contributed by atoms with Crippen molar-refractivity contribution in [1.82, 2.24) is 0 Å². The van der Waals surface area contributed by atoms with Crippen LogP contribution in [0.2, 0.25) is 0 Å². The minimum absolute atomic E-state index is 0.142. The van der Waals surface area contributed by atoms with Gasteiger partial charge in [-0.1, -0.05) is 76.9 Å². The van der Waals surface area contributed by atoms with Crippen LogP contribution >= 0.6 is 17.0 Å². The van der Waals surface area contributed by atoms with E-state index in [0.29, 0.717) is 0 Å². The van der Waals surface area contributed by atoms with Crippen LogP contribution in [0.15, 0.2) is 109 Å². The molecule has 0 spiro atoms. The summed E-state index contributed by atoms with van der Waals surface area (Å²) < 4.78 is 157. The molecule has 0 aliphatic heterocycles. The van der Waals surface area contributed by atoms with E-state index in [0.717, 1.165) is 0 Å². The molecule has 0 aliphatic rings. The Morgan fingerprint density at radius 2 is 0.759 bits per heavy atom. The largest absolute Gasteiger partial charge is 0.214 e. The Morgan fingerprint density at radius 1 is 0.448 bits per heavy atom. The molecular weight excluding hydrogens is 907 g/mol. The van der Waals surface area contributed by atoms with E-state index in [4.69, 9.17) is 17.0 Å². The molecule has 0 unspecified atom stereocenters. The Morgan fingerprint density at radius 3 is 0.983 bits per heavy atom. The first-order valence-electron chi connectivity index (χ1n) is 17.3. The van der Waals surface area contributed by atoms with Crippen LogP contribution in [0.3, 0.4) is 0 Å². The molecular formula is C43H36Cl2F12Zr-2. The third kappa shape index (κ3) is 12.1. The molecule has 0 amide bonds. The van der Waals surface area contributed by atoms with Gasteiger partial charge in [-0.05, 0) is 10.8 Å². The summed E-state index contributed by atoms with van der Waals surface area (Å²) in [6, 6.07) is 26.2. The Balaban J connectivity index is 0.000000242. The summed E-state index contributed by atoms with van der Waals surface area (Å²) in [7, 11) is 11.6. The second-order valence-electron chi connectivity index (χ2n) is 15.4. The quantitative estimate of drug-likeness (QED) is 0.120. The van der Waals surface area contributed by atoms with Crippen molar-refractivity contribution >= 4 is 41.8 Å². The standard InChI is InChI=1S/C21H25.C17H6F12.C5H5.2ClH.Zr/c1-20(2,3)16-7-9-18-14(12-16)11-15-13-17(21(4,5)6)8-10-19(15)18;18-14(19,20)10-2-8(3-11(6-10)15(21,22)23)1-9-4-12(16(24,25)26)7-13(5-9)17(27,28)29;1-2-4-5-3-1;;;/h7-13H,1-6H3;2-7H;1-5H;2*1H;/q-1;;-1;;;+2/p-2. The maximum Gasteiger partial charge on any atom is -0.172 e. The van der Waals surface area contributed by atoms with Gasteiger partial charge in [0.15, 0.2) is 0 Å². The van der Waals surface area contributed by atoms with Gasteiger partial charge in [-0.25, -0.2) is 12.1 Å². The van der Waals surface area contributed by atoms with Crippen LogP contribution in [0.4, 0.5) is 52.7 Å². The molecule has 0 nitrogen and oxygen atoms in total. The predicted octanol–water partition coefficient (Wildman–Crippen LogP) is 16.0. The molecule has 0 radical (unpaired) electrons. The van der Waals surface area contributed by atoms with Crippen LogP contribution in [0, 0.1) is 0 Å². The molecule has 0 heterocycles. The fourth-order valence-corrected chi connectivity index (χ4v) is 10.2. The van der Waals surface area contributed by atoms with Crippen LogP contribution < -0.4 is 0 Å². The van der Waals surface area contributed by atoms with Crippen molar-refractivity contribution in [1.29, 1.82) is 0 Å². The number of rotatable bonds is 2. The summed E-state index contributed by atoms with van der Waals surface area (Å²) in [6.07, 6.45) is -21.2. The summed E-state index contributed by atoms with van der Waals surface area (Å²) >= 11 is -4.29. The van der Waals surface area contributed by atoms with Gasteiger partial charge in [0.05, 0.1) is 0 Å². The molecule has 0 fully saturated rings. The first kappa shape index (κ1) is 47.3. The van der Waals surface area contributed by atoms with E-state index < -0.39 is 80.2 Å². The number of hydrogen-bond donors (Lipinski definition) is 0. The SMILES string of the molecule is CC(C)(C)c1ccc2c(c1)[cH-]c1cc(C(C)(C)C)ccc12.FC(F)(F)c1cc([C](c2cc(C(F)(F)F)cc(C(F)(F)F)c2)=[Zr]([Cl])[Cl])cc(C(F)(F)F)c1.c1cc[cH-]c1. The van der Waals surface area contributed by atoms with Gasteiger partial charge in [0, 0.05) is 0 Å². The monoisotopic (exact) mass is 940 g/mol. The molecule has 6 rings (SSSR count). The van der Waals surface area contributed by atoms with Crippen molar-refractivity contribution < 1.29 is 71.6 Å². The zero-order valence-corrected chi connectivity index (χ0v) is 35.7. The zero-order valence-electron chi connectivity index (χ0n) is 31.7. The zero-order chi connectivity index (χ0) is 43.8. The third-order valence-corrected chi connectivity index (χ3v) is 13.5. The van der Waals surface area contributed by atoms with Crippen molar-refractivity contribution in [2.24, 2.45) is 0 Å². The molecule has 0 N–H and O–H groups in total. The van der Waals surface area contributed by atoms with Crippen LogP contribution in [-0.4, -0.2) is 3.21 Å². The van der Waals surface area contributed by atoms with E-state index in [2.05, 4.69) is 84.0 Å². The van der Waals surface area contributed by atoms with E-state index in [1.54, 1.807) is 0 Å². The normalized spacial score (nSPS) is 12.8. The van der Waals surface area contributed by atoms with Gasteiger partial charge in [0.1, 0.15) is 0 Å². The summed E-state index contributed by atoms with van der Waals surface area (Å²) in [5.41, 5.74) is -6.06. The molecule has 0 aromatic heterocycles. The van der Waals surface area contributed by atoms with Crippen molar-refractivity contribution in [3.05, 3.63) is 154 Å². The maximum atomic E-state index is 13.1. The molecule has 312 valence electrons.